The summed E-state index contributed by atoms with van der Waals surface area (Å²) in [5.74, 6) is -0.478. The van der Waals surface area contributed by atoms with E-state index in [1.54, 1.807) is 53.7 Å². The van der Waals surface area contributed by atoms with E-state index < -0.39 is 29.3 Å². The summed E-state index contributed by atoms with van der Waals surface area (Å²) in [6, 6.07) is 3.53. The zero-order chi connectivity index (χ0) is 25.1. The molecule has 9 heteroatoms. The highest BCUT2D eigenvalue weighted by Gasteiger charge is 2.41. The monoisotopic (exact) mass is 524 g/mol. The van der Waals surface area contributed by atoms with Crippen molar-refractivity contribution in [1.29, 1.82) is 0 Å². The van der Waals surface area contributed by atoms with Crippen LogP contribution in [-0.2, 0) is 20.7 Å². The molecule has 0 spiro atoms. The maximum Gasteiger partial charge on any atom is 0.424 e. The zero-order valence-corrected chi connectivity index (χ0v) is 22.1. The second-order valence-electron chi connectivity index (χ2n) is 10.1. The van der Waals surface area contributed by atoms with E-state index in [0.717, 1.165) is 9.37 Å². The fourth-order valence-corrected chi connectivity index (χ4v) is 3.77. The first-order valence-electron chi connectivity index (χ1n) is 10.8. The van der Waals surface area contributed by atoms with E-state index in [2.05, 4.69) is 20.9 Å². The summed E-state index contributed by atoms with van der Waals surface area (Å²) in [7, 11) is 1.52. The topological polar surface area (TPSA) is 95.0 Å². The van der Waals surface area contributed by atoms with Crippen LogP contribution in [0, 0.1) is 11.8 Å². The molecule has 1 aliphatic rings. The van der Waals surface area contributed by atoms with Crippen LogP contribution in [0.1, 0.15) is 60.6 Å². The van der Waals surface area contributed by atoms with Gasteiger partial charge in [0, 0.05) is 22.9 Å². The Morgan fingerprint density at radius 2 is 1.64 bits per heavy atom. The van der Waals surface area contributed by atoms with Gasteiger partial charge in [0.25, 0.3) is 0 Å². The molecule has 8 nitrogen and oxygen atoms in total. The third kappa shape index (κ3) is 7.55. The maximum absolute atomic E-state index is 13.5. The van der Waals surface area contributed by atoms with E-state index in [1.807, 2.05) is 13.0 Å². The molecule has 0 aliphatic heterocycles. The molecule has 0 fully saturated rings. The minimum absolute atomic E-state index is 0.0405. The molecule has 0 unspecified atom stereocenters. The number of imide groups is 1. The van der Waals surface area contributed by atoms with E-state index in [9.17, 15) is 14.4 Å². The Labute approximate surface area is 203 Å². The quantitative estimate of drug-likeness (QED) is 0.500. The summed E-state index contributed by atoms with van der Waals surface area (Å²) in [5.41, 5.74) is -1.12. The van der Waals surface area contributed by atoms with Crippen LogP contribution in [0.15, 0.2) is 28.4 Å². The average Bonchev–Trinajstić information content (AvgIpc) is 2.64. The number of nitrogens with zero attached hydrogens (tertiary/aromatic N) is 2. The molecule has 2 amide bonds. The van der Waals surface area contributed by atoms with Gasteiger partial charge >= 0.3 is 12.2 Å². The number of aromatic nitrogens is 1. The second kappa shape index (κ2) is 10.2. The van der Waals surface area contributed by atoms with Crippen molar-refractivity contribution in [3.63, 3.8) is 0 Å². The summed E-state index contributed by atoms with van der Waals surface area (Å²) in [5, 5.41) is 0. The largest absolute Gasteiger partial charge is 0.481 e. The Kier molecular flexibility index (Phi) is 8.32. The number of hydrogen-bond donors (Lipinski definition) is 0. The first kappa shape index (κ1) is 26.8. The molecule has 0 bridgehead atoms. The molecule has 0 saturated carbocycles. The van der Waals surface area contributed by atoms with Gasteiger partial charge in [0.2, 0.25) is 5.88 Å². The van der Waals surface area contributed by atoms with Gasteiger partial charge in [0.1, 0.15) is 11.2 Å². The zero-order valence-electron chi connectivity index (χ0n) is 20.5. The van der Waals surface area contributed by atoms with E-state index in [0.29, 0.717) is 24.4 Å². The number of ketones is 1. The number of pyridine rings is 1. The molecule has 2 atom stereocenters. The SMILES string of the molecule is COc1ccc(Br)c(C[C@@H]2C[C@@H](C)C=C(N(C(=O)OC(C)(C)C)C(=O)OC(C)(C)C)C2=O)n1. The summed E-state index contributed by atoms with van der Waals surface area (Å²) in [6.07, 6.45) is 0.578. The van der Waals surface area contributed by atoms with Gasteiger partial charge < -0.3 is 14.2 Å². The number of allylic oxidation sites excluding steroid dienone is 2. The molecular weight excluding hydrogens is 492 g/mol. The maximum atomic E-state index is 13.5. The fraction of sp³-hybridized carbons (Fsp3) is 0.583. The van der Waals surface area contributed by atoms with Crippen molar-refractivity contribution in [2.24, 2.45) is 11.8 Å². The molecule has 33 heavy (non-hydrogen) atoms. The van der Waals surface area contributed by atoms with Crippen molar-refractivity contribution in [2.45, 2.75) is 72.5 Å². The summed E-state index contributed by atoms with van der Waals surface area (Å²) >= 11 is 3.48. The fourth-order valence-electron chi connectivity index (χ4n) is 3.39. The highest BCUT2D eigenvalue weighted by molar-refractivity contribution is 9.10. The van der Waals surface area contributed by atoms with E-state index in [4.69, 9.17) is 14.2 Å². The molecule has 1 aromatic heterocycles. The van der Waals surface area contributed by atoms with Gasteiger partial charge in [0.15, 0.2) is 5.78 Å². The smallest absolute Gasteiger partial charge is 0.424 e. The van der Waals surface area contributed by atoms with Crippen LogP contribution in [0.25, 0.3) is 0 Å². The van der Waals surface area contributed by atoms with Crippen molar-refractivity contribution in [2.75, 3.05) is 7.11 Å². The Hall–Kier alpha value is -2.42. The summed E-state index contributed by atoms with van der Waals surface area (Å²) in [4.78, 5) is 44.7. The van der Waals surface area contributed by atoms with Crippen molar-refractivity contribution < 1.29 is 28.6 Å². The Bertz CT molecular complexity index is 917. The lowest BCUT2D eigenvalue weighted by atomic mass is 9.81. The predicted octanol–water partition coefficient (Wildman–Crippen LogP) is 5.68. The van der Waals surface area contributed by atoms with Crippen molar-refractivity contribution in [3.8, 4) is 5.88 Å². The van der Waals surface area contributed by atoms with Gasteiger partial charge in [-0.3, -0.25) is 4.79 Å². The number of ether oxygens (including phenoxy) is 3. The Balaban J connectivity index is 2.42. The lowest BCUT2D eigenvalue weighted by molar-refractivity contribution is -0.122. The first-order chi connectivity index (χ1) is 15.1. The number of methoxy groups -OCH3 is 1. The normalized spacial score (nSPS) is 18.9. The lowest BCUT2D eigenvalue weighted by Gasteiger charge is -2.33. The van der Waals surface area contributed by atoms with Crippen LogP contribution >= 0.6 is 15.9 Å². The second-order valence-corrected chi connectivity index (χ2v) is 11.0. The van der Waals surface area contributed by atoms with E-state index in [1.165, 1.54) is 7.11 Å². The minimum atomic E-state index is -0.954. The van der Waals surface area contributed by atoms with E-state index >= 15 is 0 Å². The number of hydrogen-bond acceptors (Lipinski definition) is 7. The van der Waals surface area contributed by atoms with Crippen molar-refractivity contribution in [1.82, 2.24) is 9.88 Å². The van der Waals surface area contributed by atoms with Crippen LogP contribution < -0.4 is 4.74 Å². The van der Waals surface area contributed by atoms with Crippen molar-refractivity contribution in [3.05, 3.63) is 34.1 Å². The molecule has 1 aliphatic carbocycles. The van der Waals surface area contributed by atoms with Crippen LogP contribution in [-0.4, -0.2) is 46.2 Å². The molecule has 0 radical (unpaired) electrons. The van der Waals surface area contributed by atoms with Gasteiger partial charge in [-0.05, 0) is 75.9 Å². The third-order valence-electron chi connectivity index (χ3n) is 4.66. The molecule has 0 N–H and O–H groups in total. The first-order valence-corrected chi connectivity index (χ1v) is 11.6. The average molecular weight is 525 g/mol. The summed E-state index contributed by atoms with van der Waals surface area (Å²) in [6.45, 7) is 12.0. The van der Waals surface area contributed by atoms with Gasteiger partial charge in [0.05, 0.1) is 18.5 Å². The highest BCUT2D eigenvalue weighted by atomic mass is 79.9. The number of amides is 2. The Morgan fingerprint density at radius 3 is 2.12 bits per heavy atom. The standard InChI is InChI=1S/C24H33BrN2O6/c1-14-11-15(13-17-16(25)9-10-19(26-17)31-8)20(28)18(12-14)27(21(29)32-23(2,3)4)22(30)33-24(5,6)7/h9-10,12,14-15H,11,13H2,1-8H3/t14-,15+/m1/s1. The lowest BCUT2D eigenvalue weighted by Crippen LogP contribution is -2.46. The van der Waals surface area contributed by atoms with E-state index in [-0.39, 0.29) is 17.4 Å². The number of halogens is 1. The molecular formula is C24H33BrN2O6. The molecule has 0 aromatic carbocycles. The number of rotatable bonds is 4. The highest BCUT2D eigenvalue weighted by Crippen LogP contribution is 2.33. The van der Waals surface area contributed by atoms with Gasteiger partial charge in [-0.25, -0.2) is 14.6 Å². The Morgan fingerprint density at radius 1 is 1.09 bits per heavy atom. The molecule has 2 rings (SSSR count). The molecule has 1 aromatic rings. The van der Waals surface area contributed by atoms with Crippen LogP contribution in [0.4, 0.5) is 9.59 Å². The third-order valence-corrected chi connectivity index (χ3v) is 5.38. The molecule has 0 saturated heterocycles. The minimum Gasteiger partial charge on any atom is -0.481 e. The number of carbonyl (C=O) groups is 3. The van der Waals surface area contributed by atoms with Crippen molar-refractivity contribution >= 4 is 33.9 Å². The number of carbonyl (C=O) groups excluding carboxylic acids is 3. The number of Topliss-reactive ketones (excluding diaryl/α,β-unsaturated/α-hetero) is 1. The molecule has 1 heterocycles. The van der Waals surface area contributed by atoms with Crippen LogP contribution in [0.3, 0.4) is 0 Å². The van der Waals surface area contributed by atoms with Gasteiger partial charge in [-0.1, -0.05) is 13.0 Å². The van der Waals surface area contributed by atoms with Crippen LogP contribution in [0.5, 0.6) is 5.88 Å². The molecule has 182 valence electrons. The van der Waals surface area contributed by atoms with Gasteiger partial charge in [-0.15, -0.1) is 0 Å². The summed E-state index contributed by atoms with van der Waals surface area (Å²) < 4.78 is 16.8. The van der Waals surface area contributed by atoms with Crippen LogP contribution in [0.2, 0.25) is 0 Å². The predicted molar refractivity (Wildman–Crippen MR) is 127 cm³/mol. The van der Waals surface area contributed by atoms with Gasteiger partial charge in [-0.2, -0.15) is 4.90 Å².